The summed E-state index contributed by atoms with van der Waals surface area (Å²) in [6, 6.07) is 0. The van der Waals surface area contributed by atoms with E-state index in [9.17, 15) is 8.42 Å². The quantitative estimate of drug-likeness (QED) is 0.639. The number of rotatable bonds is 1. The average Bonchev–Trinajstić information content (AvgIpc) is 2.08. The van der Waals surface area contributed by atoms with Gasteiger partial charge in [0.15, 0.2) is 6.39 Å². The van der Waals surface area contributed by atoms with Crippen LogP contribution in [-0.4, -0.2) is 18.0 Å². The first-order chi connectivity index (χ1) is 4.11. The van der Waals surface area contributed by atoms with Crippen molar-refractivity contribution in [2.45, 2.75) is 5.03 Å². The third kappa shape index (κ3) is 1.98. The van der Waals surface area contributed by atoms with Gasteiger partial charge in [-0.3, -0.25) is 4.55 Å². The van der Waals surface area contributed by atoms with Crippen molar-refractivity contribution in [3.05, 3.63) is 12.7 Å². The number of aromatic nitrogens is 1. The normalized spacial score (nSPS) is 10.5. The molecule has 58 valence electrons. The van der Waals surface area contributed by atoms with Crippen molar-refractivity contribution in [2.24, 2.45) is 0 Å². The standard InChI is InChI=1S/C3H3NO4S.ClH/c5-9(6,7)3-1-8-2-4-3;/h1-2H,(H,5,6,7);1H. The fraction of sp³-hybridized carbons (Fsp3) is 0. The van der Waals surface area contributed by atoms with Crippen molar-refractivity contribution in [3.8, 4) is 0 Å². The van der Waals surface area contributed by atoms with E-state index < -0.39 is 15.1 Å². The van der Waals surface area contributed by atoms with Crippen LogP contribution in [0.3, 0.4) is 0 Å². The van der Waals surface area contributed by atoms with E-state index in [1.54, 1.807) is 0 Å². The molecule has 5 nitrogen and oxygen atoms in total. The summed E-state index contributed by atoms with van der Waals surface area (Å²) < 4.78 is 32.8. The molecular formula is C3H4ClNO4S. The van der Waals surface area contributed by atoms with Gasteiger partial charge in [0.2, 0.25) is 5.03 Å². The number of hydrogen-bond donors (Lipinski definition) is 1. The second kappa shape index (κ2) is 3.00. The van der Waals surface area contributed by atoms with Crippen LogP contribution in [0.1, 0.15) is 0 Å². The zero-order valence-corrected chi connectivity index (χ0v) is 6.22. The average molecular weight is 186 g/mol. The Morgan fingerprint density at radius 1 is 1.60 bits per heavy atom. The summed E-state index contributed by atoms with van der Waals surface area (Å²) in [4.78, 5) is 3.18. The van der Waals surface area contributed by atoms with Crippen LogP contribution in [0.2, 0.25) is 0 Å². The van der Waals surface area contributed by atoms with Crippen LogP contribution in [0.4, 0.5) is 0 Å². The molecule has 0 aliphatic carbocycles. The molecule has 0 fully saturated rings. The lowest BCUT2D eigenvalue weighted by Gasteiger charge is -1.82. The zero-order valence-electron chi connectivity index (χ0n) is 4.59. The van der Waals surface area contributed by atoms with Crippen LogP contribution in [0, 0.1) is 0 Å². The minimum atomic E-state index is -4.16. The molecule has 0 radical (unpaired) electrons. The second-order valence-electron chi connectivity index (χ2n) is 1.30. The molecule has 10 heavy (non-hydrogen) atoms. The third-order valence-corrected chi connectivity index (χ3v) is 1.40. The fourth-order valence-electron chi connectivity index (χ4n) is 0.329. The van der Waals surface area contributed by atoms with Gasteiger partial charge in [0.05, 0.1) is 0 Å². The Morgan fingerprint density at radius 2 is 2.20 bits per heavy atom. The summed E-state index contributed by atoms with van der Waals surface area (Å²) in [5, 5.41) is -0.470. The Labute approximate surface area is 63.2 Å². The number of hydrogen-bond acceptors (Lipinski definition) is 4. The Balaban J connectivity index is 0.000000810. The van der Waals surface area contributed by atoms with Crippen LogP contribution in [0.15, 0.2) is 22.1 Å². The molecule has 1 rings (SSSR count). The molecule has 0 aliphatic heterocycles. The molecule has 1 N–H and O–H groups in total. The molecule has 0 spiro atoms. The Hall–Kier alpha value is -0.590. The van der Waals surface area contributed by atoms with E-state index in [2.05, 4.69) is 9.40 Å². The maximum Gasteiger partial charge on any atom is 0.315 e. The molecule has 1 aromatic heterocycles. The van der Waals surface area contributed by atoms with E-state index in [0.29, 0.717) is 0 Å². The van der Waals surface area contributed by atoms with Gasteiger partial charge in [-0.05, 0) is 0 Å². The molecule has 7 heteroatoms. The number of nitrogens with zero attached hydrogens (tertiary/aromatic N) is 1. The van der Waals surface area contributed by atoms with E-state index in [0.717, 1.165) is 12.7 Å². The van der Waals surface area contributed by atoms with Crippen molar-refractivity contribution < 1.29 is 17.4 Å². The third-order valence-electron chi connectivity index (χ3n) is 0.674. The number of halogens is 1. The summed E-state index contributed by atoms with van der Waals surface area (Å²) in [6.45, 7) is 0. The molecule has 0 bridgehead atoms. The maximum absolute atomic E-state index is 10.1. The Bertz CT molecular complexity index is 277. The highest BCUT2D eigenvalue weighted by Gasteiger charge is 2.11. The van der Waals surface area contributed by atoms with Crippen molar-refractivity contribution in [2.75, 3.05) is 0 Å². The smallest absolute Gasteiger partial charge is 0.315 e. The first-order valence-corrected chi connectivity index (χ1v) is 3.40. The molecule has 0 saturated carbocycles. The lowest BCUT2D eigenvalue weighted by atomic mass is 11.0. The van der Waals surface area contributed by atoms with Crippen molar-refractivity contribution in [1.29, 1.82) is 0 Å². The van der Waals surface area contributed by atoms with Crippen LogP contribution in [0.5, 0.6) is 0 Å². The summed E-state index contributed by atoms with van der Waals surface area (Å²) in [5.41, 5.74) is 0. The Kier molecular flexibility index (Phi) is 2.82. The van der Waals surface area contributed by atoms with E-state index in [1.807, 2.05) is 0 Å². The van der Waals surface area contributed by atoms with Gasteiger partial charge in [-0.2, -0.15) is 8.42 Å². The fourth-order valence-corrected chi connectivity index (χ4v) is 0.682. The molecule has 0 aromatic carbocycles. The molecule has 0 aliphatic rings. The predicted molar refractivity (Wildman–Crippen MR) is 33.6 cm³/mol. The van der Waals surface area contributed by atoms with Crippen LogP contribution in [0.25, 0.3) is 0 Å². The lowest BCUT2D eigenvalue weighted by molar-refractivity contribution is 0.478. The minimum absolute atomic E-state index is 0. The minimum Gasteiger partial charge on any atom is -0.450 e. The lowest BCUT2D eigenvalue weighted by Crippen LogP contribution is -1.96. The first kappa shape index (κ1) is 9.41. The van der Waals surface area contributed by atoms with Gasteiger partial charge in [0, 0.05) is 0 Å². The van der Waals surface area contributed by atoms with Gasteiger partial charge >= 0.3 is 10.1 Å². The summed E-state index contributed by atoms with van der Waals surface area (Å²) in [5.74, 6) is 0. The summed E-state index contributed by atoms with van der Waals surface area (Å²) in [7, 11) is -4.16. The van der Waals surface area contributed by atoms with E-state index in [1.165, 1.54) is 0 Å². The van der Waals surface area contributed by atoms with Gasteiger partial charge in [0.1, 0.15) is 6.26 Å². The van der Waals surface area contributed by atoms with Gasteiger partial charge in [0.25, 0.3) is 0 Å². The van der Waals surface area contributed by atoms with Gasteiger partial charge in [-0.1, -0.05) is 0 Å². The number of oxazole rings is 1. The highest BCUT2D eigenvalue weighted by molar-refractivity contribution is 7.85. The topological polar surface area (TPSA) is 80.4 Å². The van der Waals surface area contributed by atoms with Gasteiger partial charge < -0.3 is 4.42 Å². The molecule has 1 aromatic rings. The maximum atomic E-state index is 10.1. The molecule has 1 heterocycles. The van der Waals surface area contributed by atoms with Crippen molar-refractivity contribution >= 4 is 22.5 Å². The van der Waals surface area contributed by atoms with Crippen LogP contribution in [-0.2, 0) is 10.1 Å². The van der Waals surface area contributed by atoms with E-state index in [4.69, 9.17) is 4.55 Å². The highest BCUT2D eigenvalue weighted by Crippen LogP contribution is 2.01. The van der Waals surface area contributed by atoms with Gasteiger partial charge in [-0.15, -0.1) is 12.4 Å². The molecule has 0 saturated heterocycles. The van der Waals surface area contributed by atoms with E-state index >= 15 is 0 Å². The zero-order chi connectivity index (χ0) is 6.91. The Morgan fingerprint density at radius 3 is 2.40 bits per heavy atom. The first-order valence-electron chi connectivity index (χ1n) is 1.96. The monoisotopic (exact) mass is 185 g/mol. The molecule has 0 amide bonds. The van der Waals surface area contributed by atoms with Crippen LogP contribution < -0.4 is 0 Å². The predicted octanol–water partition coefficient (Wildman–Crippen LogP) is 0.343. The highest BCUT2D eigenvalue weighted by atomic mass is 35.5. The van der Waals surface area contributed by atoms with E-state index in [-0.39, 0.29) is 12.4 Å². The second-order valence-corrected chi connectivity index (χ2v) is 2.67. The largest absolute Gasteiger partial charge is 0.450 e. The van der Waals surface area contributed by atoms with Crippen molar-refractivity contribution in [3.63, 3.8) is 0 Å². The van der Waals surface area contributed by atoms with Crippen molar-refractivity contribution in [1.82, 2.24) is 4.98 Å². The molecule has 0 atom stereocenters. The molecular weight excluding hydrogens is 182 g/mol. The summed E-state index contributed by atoms with van der Waals surface area (Å²) in [6.07, 6.45) is 1.76. The van der Waals surface area contributed by atoms with Crippen LogP contribution >= 0.6 is 12.4 Å². The SMILES string of the molecule is Cl.O=S(=O)(O)c1cocn1. The summed E-state index contributed by atoms with van der Waals surface area (Å²) >= 11 is 0. The molecule has 0 unspecified atom stereocenters. The van der Waals surface area contributed by atoms with Gasteiger partial charge in [-0.25, -0.2) is 4.98 Å².